The summed E-state index contributed by atoms with van der Waals surface area (Å²) < 4.78 is 0. The van der Waals surface area contributed by atoms with Crippen molar-refractivity contribution in [2.24, 2.45) is 11.8 Å². The Morgan fingerprint density at radius 1 is 1.07 bits per heavy atom. The van der Waals surface area contributed by atoms with Crippen molar-refractivity contribution in [2.45, 2.75) is 9.65 Å². The topological polar surface area (TPSA) is 74.6 Å². The number of carbonyl (C=O) groups is 2. The third-order valence-electron chi connectivity index (χ3n) is 2.11. The molecule has 1 aliphatic rings. The van der Waals surface area contributed by atoms with Crippen LogP contribution in [0.5, 0.6) is 0 Å². The van der Waals surface area contributed by atoms with Crippen LogP contribution in [0.4, 0.5) is 0 Å². The van der Waals surface area contributed by atoms with Crippen LogP contribution in [0.1, 0.15) is 0 Å². The fourth-order valence-electron chi connectivity index (χ4n) is 1.37. The Balaban J connectivity index is 3.00. The Bertz CT molecular complexity index is 289. The molecule has 0 bridgehead atoms. The SMILES string of the molecule is O=C(O)C1C=CC(Br)C(Br)C1C(=O)O. The van der Waals surface area contributed by atoms with Gasteiger partial charge >= 0.3 is 11.9 Å². The van der Waals surface area contributed by atoms with Crippen LogP contribution in [0.25, 0.3) is 0 Å². The molecule has 0 heterocycles. The number of hydrogen-bond donors (Lipinski definition) is 2. The molecule has 4 unspecified atom stereocenters. The molecule has 1 rings (SSSR count). The number of alkyl halides is 2. The van der Waals surface area contributed by atoms with Crippen molar-refractivity contribution in [1.29, 1.82) is 0 Å². The van der Waals surface area contributed by atoms with Crippen LogP contribution in [0, 0.1) is 11.8 Å². The largest absolute Gasteiger partial charge is 0.481 e. The summed E-state index contributed by atoms with van der Waals surface area (Å²) in [6.07, 6.45) is 3.07. The number of carboxylic acid groups (broad SMARTS) is 2. The zero-order chi connectivity index (χ0) is 10.9. The van der Waals surface area contributed by atoms with Gasteiger partial charge in [-0.25, -0.2) is 0 Å². The van der Waals surface area contributed by atoms with Gasteiger partial charge in [-0.05, 0) is 0 Å². The van der Waals surface area contributed by atoms with Crippen LogP contribution in [0.2, 0.25) is 0 Å². The highest BCUT2D eigenvalue weighted by Crippen LogP contribution is 2.34. The third kappa shape index (κ3) is 2.17. The first-order valence-electron chi connectivity index (χ1n) is 3.87. The van der Waals surface area contributed by atoms with Crippen LogP contribution in [-0.2, 0) is 9.59 Å². The lowest BCUT2D eigenvalue weighted by Gasteiger charge is -2.28. The minimum absolute atomic E-state index is 0.154. The molecule has 0 saturated heterocycles. The molecule has 2 N–H and O–H groups in total. The summed E-state index contributed by atoms with van der Waals surface area (Å²) in [4.78, 5) is 21.1. The molecule has 0 fully saturated rings. The molecule has 6 heteroatoms. The number of hydrogen-bond acceptors (Lipinski definition) is 2. The van der Waals surface area contributed by atoms with Gasteiger partial charge in [-0.2, -0.15) is 0 Å². The van der Waals surface area contributed by atoms with Crippen LogP contribution in [0.3, 0.4) is 0 Å². The van der Waals surface area contributed by atoms with Crippen molar-refractivity contribution >= 4 is 43.8 Å². The van der Waals surface area contributed by atoms with Crippen LogP contribution >= 0.6 is 31.9 Å². The summed E-state index contributed by atoms with van der Waals surface area (Å²) in [7, 11) is 0. The van der Waals surface area contributed by atoms with E-state index in [2.05, 4.69) is 31.9 Å². The predicted octanol–water partition coefficient (Wildman–Crippen LogP) is 1.48. The average molecular weight is 328 g/mol. The molecule has 0 aromatic heterocycles. The smallest absolute Gasteiger partial charge is 0.311 e. The lowest BCUT2D eigenvalue weighted by Crippen LogP contribution is -2.41. The molecule has 0 spiro atoms. The number of carboxylic acids is 2. The number of allylic oxidation sites excluding steroid dienone is 1. The summed E-state index contributed by atoms with van der Waals surface area (Å²) in [5.41, 5.74) is 0. The number of aliphatic carboxylic acids is 2. The molecule has 0 aliphatic heterocycles. The highest BCUT2D eigenvalue weighted by molar-refractivity contribution is 9.12. The summed E-state index contributed by atoms with van der Waals surface area (Å²) in [6.45, 7) is 0. The van der Waals surface area contributed by atoms with Gasteiger partial charge in [0, 0.05) is 9.65 Å². The van der Waals surface area contributed by atoms with Gasteiger partial charge in [-0.1, -0.05) is 44.0 Å². The van der Waals surface area contributed by atoms with Crippen molar-refractivity contribution in [3.63, 3.8) is 0 Å². The Labute approximate surface area is 97.2 Å². The van der Waals surface area contributed by atoms with Gasteiger partial charge < -0.3 is 10.2 Å². The number of rotatable bonds is 2. The van der Waals surface area contributed by atoms with Crippen molar-refractivity contribution in [2.75, 3.05) is 0 Å². The highest BCUT2D eigenvalue weighted by Gasteiger charge is 2.42. The van der Waals surface area contributed by atoms with E-state index in [0.717, 1.165) is 0 Å². The summed E-state index contributed by atoms with van der Waals surface area (Å²) >= 11 is 6.44. The van der Waals surface area contributed by atoms with E-state index in [1.54, 1.807) is 6.08 Å². The van der Waals surface area contributed by atoms with Gasteiger partial charge in [0.15, 0.2) is 0 Å². The Hall–Kier alpha value is -0.360. The lowest BCUT2D eigenvalue weighted by molar-refractivity contribution is -0.151. The molecule has 14 heavy (non-hydrogen) atoms. The van der Waals surface area contributed by atoms with Gasteiger partial charge in [0.2, 0.25) is 0 Å². The van der Waals surface area contributed by atoms with Gasteiger partial charge in [0.25, 0.3) is 0 Å². The molecule has 4 nitrogen and oxygen atoms in total. The summed E-state index contributed by atoms with van der Waals surface area (Å²) in [6, 6.07) is 0. The van der Waals surface area contributed by atoms with Crippen LogP contribution in [0.15, 0.2) is 12.2 Å². The Kier molecular flexibility index (Phi) is 3.71. The van der Waals surface area contributed by atoms with Gasteiger partial charge in [-0.3, -0.25) is 9.59 Å². The van der Waals surface area contributed by atoms with Gasteiger partial charge in [0.05, 0.1) is 11.8 Å². The predicted molar refractivity (Wildman–Crippen MR) is 56.8 cm³/mol. The standard InChI is InChI=1S/C8H8Br2O4/c9-4-2-1-3(7(11)12)5(6(4)10)8(13)14/h1-6H,(H,11,12)(H,13,14). The van der Waals surface area contributed by atoms with E-state index in [4.69, 9.17) is 10.2 Å². The van der Waals surface area contributed by atoms with Crippen molar-refractivity contribution < 1.29 is 19.8 Å². The van der Waals surface area contributed by atoms with E-state index < -0.39 is 28.6 Å². The second-order valence-electron chi connectivity index (χ2n) is 3.00. The average Bonchev–Trinajstić information content (AvgIpc) is 2.08. The molecule has 1 aliphatic carbocycles. The fourth-order valence-corrected chi connectivity index (χ4v) is 2.61. The molecule has 0 radical (unpaired) electrons. The highest BCUT2D eigenvalue weighted by atomic mass is 79.9. The second-order valence-corrected chi connectivity index (χ2v) is 5.12. The zero-order valence-corrected chi connectivity index (χ0v) is 10.1. The lowest BCUT2D eigenvalue weighted by atomic mass is 9.84. The van der Waals surface area contributed by atoms with Crippen molar-refractivity contribution in [1.82, 2.24) is 0 Å². The minimum Gasteiger partial charge on any atom is -0.481 e. The van der Waals surface area contributed by atoms with Gasteiger partial charge in [0.1, 0.15) is 0 Å². The van der Waals surface area contributed by atoms with E-state index in [-0.39, 0.29) is 4.83 Å². The Morgan fingerprint density at radius 2 is 1.64 bits per heavy atom. The summed E-state index contributed by atoms with van der Waals surface area (Å²) in [5.74, 6) is -4.13. The summed E-state index contributed by atoms with van der Waals surface area (Å²) in [5, 5.41) is 17.7. The first-order chi connectivity index (χ1) is 6.45. The van der Waals surface area contributed by atoms with Crippen molar-refractivity contribution in [3.05, 3.63) is 12.2 Å². The monoisotopic (exact) mass is 326 g/mol. The maximum Gasteiger partial charge on any atom is 0.311 e. The third-order valence-corrected chi connectivity index (χ3v) is 4.83. The second kappa shape index (κ2) is 4.44. The van der Waals surface area contributed by atoms with Crippen LogP contribution < -0.4 is 0 Å². The van der Waals surface area contributed by atoms with Gasteiger partial charge in [-0.15, -0.1) is 0 Å². The first kappa shape index (κ1) is 11.7. The molecule has 4 atom stereocenters. The van der Waals surface area contributed by atoms with E-state index in [0.29, 0.717) is 0 Å². The fraction of sp³-hybridized carbons (Fsp3) is 0.500. The molecule has 78 valence electrons. The Morgan fingerprint density at radius 3 is 2.07 bits per heavy atom. The zero-order valence-electron chi connectivity index (χ0n) is 6.93. The first-order valence-corrected chi connectivity index (χ1v) is 5.70. The molecular formula is C8H8Br2O4. The quantitative estimate of drug-likeness (QED) is 0.595. The molecule has 0 aromatic rings. The van der Waals surface area contributed by atoms with E-state index in [9.17, 15) is 9.59 Å². The molecule has 0 aromatic carbocycles. The molecular weight excluding hydrogens is 320 g/mol. The van der Waals surface area contributed by atoms with E-state index in [1.165, 1.54) is 6.08 Å². The number of halogens is 2. The maximum atomic E-state index is 10.9. The molecule has 0 saturated carbocycles. The molecule has 0 amide bonds. The van der Waals surface area contributed by atoms with E-state index >= 15 is 0 Å². The normalized spacial score (nSPS) is 36.7. The van der Waals surface area contributed by atoms with Crippen molar-refractivity contribution in [3.8, 4) is 0 Å². The minimum atomic E-state index is -1.11. The van der Waals surface area contributed by atoms with Crippen LogP contribution in [-0.4, -0.2) is 31.8 Å². The van der Waals surface area contributed by atoms with E-state index in [1.807, 2.05) is 0 Å². The maximum absolute atomic E-state index is 10.9.